The van der Waals surface area contributed by atoms with E-state index in [1.807, 2.05) is 0 Å². The zero-order valence-electron chi connectivity index (χ0n) is 13.0. The van der Waals surface area contributed by atoms with E-state index in [0.29, 0.717) is 6.54 Å². The number of rotatable bonds is 5. The maximum atomic E-state index is 12.3. The monoisotopic (exact) mass is 305 g/mol. The standard InChI is InChI=1S/C15H23N5O2/c1-19(8-9-20-6-4-2-3-5-7-20)15(22)13-11-17-12(10-18-13)14(16)21/h10-11H,2-9H2,1H3,(H2,16,21). The summed E-state index contributed by atoms with van der Waals surface area (Å²) in [6.45, 7) is 3.73. The molecule has 22 heavy (non-hydrogen) atoms. The van der Waals surface area contributed by atoms with Crippen molar-refractivity contribution < 1.29 is 9.59 Å². The molecule has 1 aromatic heterocycles. The van der Waals surface area contributed by atoms with E-state index in [4.69, 9.17) is 5.73 Å². The predicted octanol–water partition coefficient (Wildman–Crippen LogP) is 0.524. The summed E-state index contributed by atoms with van der Waals surface area (Å²) < 4.78 is 0. The molecule has 7 heteroatoms. The molecule has 0 aromatic carbocycles. The fourth-order valence-corrected chi connectivity index (χ4v) is 2.51. The molecule has 1 saturated heterocycles. The fraction of sp³-hybridized carbons (Fsp3) is 0.600. The molecule has 0 bridgehead atoms. The lowest BCUT2D eigenvalue weighted by atomic mass is 10.2. The molecule has 120 valence electrons. The van der Waals surface area contributed by atoms with Crippen LogP contribution in [0.15, 0.2) is 12.4 Å². The Hall–Kier alpha value is -2.02. The third-order valence-electron chi connectivity index (χ3n) is 3.92. The Morgan fingerprint density at radius 2 is 1.73 bits per heavy atom. The SMILES string of the molecule is CN(CCN1CCCCCC1)C(=O)c1cnc(C(N)=O)cn1. The molecule has 0 unspecified atom stereocenters. The Bertz CT molecular complexity index is 509. The highest BCUT2D eigenvalue weighted by molar-refractivity contribution is 5.93. The zero-order chi connectivity index (χ0) is 15.9. The van der Waals surface area contributed by atoms with E-state index in [1.165, 1.54) is 38.1 Å². The molecule has 1 aliphatic rings. The van der Waals surface area contributed by atoms with Gasteiger partial charge in [-0.15, -0.1) is 0 Å². The Morgan fingerprint density at radius 3 is 2.27 bits per heavy atom. The van der Waals surface area contributed by atoms with Crippen molar-refractivity contribution in [2.75, 3.05) is 33.2 Å². The van der Waals surface area contributed by atoms with E-state index >= 15 is 0 Å². The number of likely N-dealkylation sites (tertiary alicyclic amines) is 1. The lowest BCUT2D eigenvalue weighted by molar-refractivity contribution is 0.0771. The smallest absolute Gasteiger partial charge is 0.273 e. The molecular weight excluding hydrogens is 282 g/mol. The first kappa shape index (κ1) is 16.4. The molecule has 2 N–H and O–H groups in total. The van der Waals surface area contributed by atoms with Gasteiger partial charge in [-0.05, 0) is 25.9 Å². The molecule has 1 aromatic rings. The summed E-state index contributed by atoms with van der Waals surface area (Å²) in [4.78, 5) is 35.0. The molecule has 2 amide bonds. The maximum Gasteiger partial charge on any atom is 0.273 e. The number of hydrogen-bond acceptors (Lipinski definition) is 5. The van der Waals surface area contributed by atoms with E-state index in [2.05, 4.69) is 14.9 Å². The van der Waals surface area contributed by atoms with Crippen LogP contribution in [0.25, 0.3) is 0 Å². The van der Waals surface area contributed by atoms with Crippen molar-refractivity contribution in [1.29, 1.82) is 0 Å². The number of primary amides is 1. The van der Waals surface area contributed by atoms with E-state index in [1.54, 1.807) is 11.9 Å². The van der Waals surface area contributed by atoms with Crippen LogP contribution in [-0.4, -0.2) is 64.8 Å². The van der Waals surface area contributed by atoms with E-state index in [0.717, 1.165) is 19.6 Å². The van der Waals surface area contributed by atoms with E-state index in [9.17, 15) is 9.59 Å². The van der Waals surface area contributed by atoms with Gasteiger partial charge in [0.15, 0.2) is 0 Å². The van der Waals surface area contributed by atoms with Gasteiger partial charge >= 0.3 is 0 Å². The normalized spacial score (nSPS) is 16.0. The maximum absolute atomic E-state index is 12.3. The summed E-state index contributed by atoms with van der Waals surface area (Å²) in [7, 11) is 1.75. The number of nitrogens with zero attached hydrogens (tertiary/aromatic N) is 4. The van der Waals surface area contributed by atoms with Gasteiger partial charge in [-0.2, -0.15) is 0 Å². The minimum atomic E-state index is -0.652. The third-order valence-corrected chi connectivity index (χ3v) is 3.92. The van der Waals surface area contributed by atoms with Gasteiger partial charge in [0.1, 0.15) is 11.4 Å². The molecule has 0 atom stereocenters. The Kier molecular flexibility index (Phi) is 5.83. The first-order chi connectivity index (χ1) is 10.6. The van der Waals surface area contributed by atoms with E-state index < -0.39 is 5.91 Å². The van der Waals surface area contributed by atoms with Crippen LogP contribution in [0.1, 0.15) is 46.7 Å². The van der Waals surface area contributed by atoms with Crippen LogP contribution in [0.2, 0.25) is 0 Å². The molecule has 1 aliphatic heterocycles. The van der Waals surface area contributed by atoms with Crippen molar-refractivity contribution in [2.45, 2.75) is 25.7 Å². The van der Waals surface area contributed by atoms with Crippen molar-refractivity contribution in [3.63, 3.8) is 0 Å². The van der Waals surface area contributed by atoms with E-state index in [-0.39, 0.29) is 17.3 Å². The predicted molar refractivity (Wildman–Crippen MR) is 82.4 cm³/mol. The minimum absolute atomic E-state index is 0.0590. The number of nitrogens with two attached hydrogens (primary N) is 1. The lowest BCUT2D eigenvalue weighted by Gasteiger charge is -2.23. The molecule has 1 fully saturated rings. The van der Waals surface area contributed by atoms with Gasteiger partial charge < -0.3 is 15.5 Å². The Balaban J connectivity index is 1.86. The minimum Gasteiger partial charge on any atom is -0.364 e. The zero-order valence-corrected chi connectivity index (χ0v) is 13.0. The summed E-state index contributed by atoms with van der Waals surface area (Å²) in [6.07, 6.45) is 7.60. The summed E-state index contributed by atoms with van der Waals surface area (Å²) in [6, 6.07) is 0. The van der Waals surface area contributed by atoms with Crippen LogP contribution in [-0.2, 0) is 0 Å². The number of amides is 2. The second-order valence-electron chi connectivity index (χ2n) is 5.63. The van der Waals surface area contributed by atoms with Crippen LogP contribution in [0.4, 0.5) is 0 Å². The first-order valence-corrected chi connectivity index (χ1v) is 7.67. The summed E-state index contributed by atoms with van der Waals surface area (Å²) in [5.74, 6) is -0.848. The van der Waals surface area contributed by atoms with Gasteiger partial charge in [-0.25, -0.2) is 9.97 Å². The van der Waals surface area contributed by atoms with Crippen molar-refractivity contribution in [1.82, 2.24) is 19.8 Å². The Morgan fingerprint density at radius 1 is 1.14 bits per heavy atom. The van der Waals surface area contributed by atoms with Crippen LogP contribution >= 0.6 is 0 Å². The van der Waals surface area contributed by atoms with Gasteiger partial charge in [0, 0.05) is 20.1 Å². The molecule has 0 saturated carbocycles. The molecule has 0 radical (unpaired) electrons. The Labute approximate surface area is 130 Å². The average molecular weight is 305 g/mol. The highest BCUT2D eigenvalue weighted by Crippen LogP contribution is 2.09. The highest BCUT2D eigenvalue weighted by Gasteiger charge is 2.16. The van der Waals surface area contributed by atoms with Gasteiger partial charge in [0.2, 0.25) is 0 Å². The fourth-order valence-electron chi connectivity index (χ4n) is 2.51. The number of carbonyl (C=O) groups is 2. The number of aromatic nitrogens is 2. The number of carbonyl (C=O) groups excluding carboxylic acids is 2. The molecule has 0 aliphatic carbocycles. The molecule has 0 spiro atoms. The van der Waals surface area contributed by atoms with Crippen molar-refractivity contribution in [3.05, 3.63) is 23.8 Å². The summed E-state index contributed by atoms with van der Waals surface area (Å²) in [5, 5.41) is 0. The topological polar surface area (TPSA) is 92.4 Å². The van der Waals surface area contributed by atoms with Crippen LogP contribution in [0.3, 0.4) is 0 Å². The van der Waals surface area contributed by atoms with Gasteiger partial charge in [-0.3, -0.25) is 9.59 Å². The third kappa shape index (κ3) is 4.49. The van der Waals surface area contributed by atoms with Crippen molar-refractivity contribution >= 4 is 11.8 Å². The van der Waals surface area contributed by atoms with Crippen LogP contribution in [0.5, 0.6) is 0 Å². The molecular formula is C15H23N5O2. The second kappa shape index (κ2) is 7.84. The van der Waals surface area contributed by atoms with Crippen LogP contribution < -0.4 is 5.73 Å². The lowest BCUT2D eigenvalue weighted by Crippen LogP contribution is -2.37. The van der Waals surface area contributed by atoms with Crippen molar-refractivity contribution in [3.8, 4) is 0 Å². The number of likely N-dealkylation sites (N-methyl/N-ethyl adjacent to an activating group) is 1. The molecule has 7 nitrogen and oxygen atoms in total. The van der Waals surface area contributed by atoms with Crippen molar-refractivity contribution in [2.24, 2.45) is 5.73 Å². The first-order valence-electron chi connectivity index (χ1n) is 7.67. The highest BCUT2D eigenvalue weighted by atomic mass is 16.2. The number of hydrogen-bond donors (Lipinski definition) is 1. The second-order valence-corrected chi connectivity index (χ2v) is 5.63. The quantitative estimate of drug-likeness (QED) is 0.856. The van der Waals surface area contributed by atoms with Gasteiger partial charge in [-0.1, -0.05) is 12.8 Å². The van der Waals surface area contributed by atoms with Crippen LogP contribution in [0, 0.1) is 0 Å². The largest absolute Gasteiger partial charge is 0.364 e. The molecule has 2 rings (SSSR count). The van der Waals surface area contributed by atoms with Gasteiger partial charge in [0.05, 0.1) is 12.4 Å². The summed E-state index contributed by atoms with van der Waals surface area (Å²) in [5.41, 5.74) is 5.38. The average Bonchev–Trinajstić information content (AvgIpc) is 2.80. The molecule has 2 heterocycles. The summed E-state index contributed by atoms with van der Waals surface area (Å²) >= 11 is 0. The van der Waals surface area contributed by atoms with Gasteiger partial charge in [0.25, 0.3) is 11.8 Å².